The lowest BCUT2D eigenvalue weighted by Crippen LogP contribution is -1.92. The number of hydrogen-bond acceptors (Lipinski definition) is 3. The first-order valence-corrected chi connectivity index (χ1v) is 3.78. The molecule has 3 N–H and O–H groups in total. The topological polar surface area (TPSA) is 55.5 Å². The lowest BCUT2D eigenvalue weighted by molar-refractivity contribution is 0.182. The zero-order chi connectivity index (χ0) is 9.14. The number of phenols is 1. The van der Waals surface area contributed by atoms with Crippen LogP contribution in [0.5, 0.6) is 5.75 Å². The summed E-state index contributed by atoms with van der Waals surface area (Å²) < 4.78 is 4.84. The molecule has 0 amide bonds. The van der Waals surface area contributed by atoms with E-state index in [-0.39, 0.29) is 10.8 Å². The third-order valence-electron chi connectivity index (χ3n) is 1.46. The third kappa shape index (κ3) is 1.81. The Kier molecular flexibility index (Phi) is 2.78. The fraction of sp³-hybridized carbons (Fsp3) is 0.250. The smallest absolute Gasteiger partial charge is 0.139 e. The van der Waals surface area contributed by atoms with Crippen molar-refractivity contribution >= 4 is 17.3 Å². The van der Waals surface area contributed by atoms with Crippen molar-refractivity contribution < 1.29 is 9.84 Å². The van der Waals surface area contributed by atoms with Gasteiger partial charge < -0.3 is 15.6 Å². The van der Waals surface area contributed by atoms with Gasteiger partial charge in [0.25, 0.3) is 0 Å². The predicted octanol–water partition coefficient (Wildman–Crippen LogP) is 1.77. The number of benzene rings is 1. The molecule has 0 fully saturated rings. The molecular formula is C8H10ClNO2. The van der Waals surface area contributed by atoms with Crippen LogP contribution in [0.15, 0.2) is 12.1 Å². The van der Waals surface area contributed by atoms with Crippen LogP contribution >= 0.6 is 11.6 Å². The first-order chi connectivity index (χ1) is 5.65. The minimum Gasteiger partial charge on any atom is -0.506 e. The monoisotopic (exact) mass is 187 g/mol. The molecule has 1 aromatic rings. The highest BCUT2D eigenvalue weighted by Crippen LogP contribution is 2.30. The van der Waals surface area contributed by atoms with E-state index >= 15 is 0 Å². The van der Waals surface area contributed by atoms with E-state index in [2.05, 4.69) is 0 Å². The van der Waals surface area contributed by atoms with Gasteiger partial charge in [-0.1, -0.05) is 11.6 Å². The Morgan fingerprint density at radius 3 is 2.83 bits per heavy atom. The molecule has 0 atom stereocenters. The lowest BCUT2D eigenvalue weighted by Gasteiger charge is -2.05. The molecular weight excluding hydrogens is 178 g/mol. The molecule has 4 heteroatoms. The summed E-state index contributed by atoms with van der Waals surface area (Å²) in [6.07, 6.45) is 0. The zero-order valence-corrected chi connectivity index (χ0v) is 7.43. The Labute approximate surface area is 75.7 Å². The molecule has 0 spiro atoms. The first-order valence-electron chi connectivity index (χ1n) is 3.41. The number of ether oxygens (including phenoxy) is 1. The summed E-state index contributed by atoms with van der Waals surface area (Å²) in [4.78, 5) is 0. The fourth-order valence-corrected chi connectivity index (χ4v) is 1.19. The van der Waals surface area contributed by atoms with Crippen LogP contribution in [0.3, 0.4) is 0 Å². The largest absolute Gasteiger partial charge is 0.506 e. The Bertz CT molecular complexity index is 289. The maximum atomic E-state index is 9.39. The van der Waals surface area contributed by atoms with Gasteiger partial charge in [0.2, 0.25) is 0 Å². The second-order valence-electron chi connectivity index (χ2n) is 2.44. The van der Waals surface area contributed by atoms with Crippen LogP contribution in [0, 0.1) is 0 Å². The quantitative estimate of drug-likeness (QED) is 0.548. The van der Waals surface area contributed by atoms with Gasteiger partial charge in [0.05, 0.1) is 11.6 Å². The van der Waals surface area contributed by atoms with Crippen molar-refractivity contribution in [2.75, 3.05) is 12.8 Å². The molecule has 1 rings (SSSR count). The van der Waals surface area contributed by atoms with Crippen LogP contribution in [0.25, 0.3) is 0 Å². The number of halogens is 1. The van der Waals surface area contributed by atoms with Gasteiger partial charge in [-0.2, -0.15) is 0 Å². The van der Waals surface area contributed by atoms with Crippen molar-refractivity contribution in [1.29, 1.82) is 0 Å². The molecule has 3 nitrogen and oxygen atoms in total. The fourth-order valence-electron chi connectivity index (χ4n) is 0.945. The molecule has 1 aromatic carbocycles. The van der Waals surface area contributed by atoms with E-state index in [1.165, 1.54) is 13.2 Å². The minimum atomic E-state index is 0.0349. The van der Waals surface area contributed by atoms with Crippen molar-refractivity contribution in [2.24, 2.45) is 0 Å². The summed E-state index contributed by atoms with van der Waals surface area (Å²) in [6.45, 7) is 0.302. The van der Waals surface area contributed by atoms with Crippen LogP contribution in [0.4, 0.5) is 5.69 Å². The van der Waals surface area contributed by atoms with Crippen LogP contribution in [-0.2, 0) is 11.3 Å². The number of anilines is 1. The average molecular weight is 188 g/mol. The summed E-state index contributed by atoms with van der Waals surface area (Å²) in [5.74, 6) is 0.0349. The Balaban J connectivity index is 3.09. The van der Waals surface area contributed by atoms with E-state index < -0.39 is 0 Å². The van der Waals surface area contributed by atoms with Crippen molar-refractivity contribution in [1.82, 2.24) is 0 Å². The van der Waals surface area contributed by atoms with Crippen LogP contribution < -0.4 is 5.73 Å². The van der Waals surface area contributed by atoms with Crippen molar-refractivity contribution in [3.8, 4) is 5.75 Å². The predicted molar refractivity (Wildman–Crippen MR) is 48.2 cm³/mol. The van der Waals surface area contributed by atoms with Gasteiger partial charge in [0, 0.05) is 18.4 Å². The molecule has 12 heavy (non-hydrogen) atoms. The van der Waals surface area contributed by atoms with E-state index in [1.54, 1.807) is 6.07 Å². The minimum absolute atomic E-state index is 0.0349. The van der Waals surface area contributed by atoms with E-state index in [4.69, 9.17) is 22.1 Å². The third-order valence-corrected chi connectivity index (χ3v) is 1.75. The molecule has 0 aromatic heterocycles. The molecule has 0 bridgehead atoms. The number of nitrogen functional groups attached to an aromatic ring is 1. The molecule has 0 aliphatic rings. The normalized spacial score (nSPS) is 10.2. The van der Waals surface area contributed by atoms with Crippen molar-refractivity contribution in [2.45, 2.75) is 6.61 Å². The first kappa shape index (κ1) is 9.16. The summed E-state index contributed by atoms with van der Waals surface area (Å²) in [5.41, 5.74) is 6.63. The van der Waals surface area contributed by atoms with Gasteiger partial charge in [0.1, 0.15) is 5.75 Å². The number of hydrogen-bond donors (Lipinski definition) is 2. The number of methoxy groups -OCH3 is 1. The van der Waals surface area contributed by atoms with Crippen LogP contribution in [0.2, 0.25) is 5.02 Å². The number of phenolic OH excluding ortho intramolecular Hbond substituents is 1. The Morgan fingerprint density at radius 2 is 2.25 bits per heavy atom. The molecule has 66 valence electrons. The number of aromatic hydroxyl groups is 1. The molecule has 0 aliphatic carbocycles. The Hall–Kier alpha value is -0.930. The van der Waals surface area contributed by atoms with Gasteiger partial charge in [0.15, 0.2) is 0 Å². The molecule has 0 heterocycles. The zero-order valence-electron chi connectivity index (χ0n) is 6.67. The lowest BCUT2D eigenvalue weighted by atomic mass is 10.2. The van der Waals surface area contributed by atoms with Crippen molar-refractivity contribution in [3.63, 3.8) is 0 Å². The average Bonchev–Trinajstić information content (AvgIpc) is 2.00. The summed E-state index contributed by atoms with van der Waals surface area (Å²) >= 11 is 5.67. The molecule has 0 unspecified atom stereocenters. The standard InChI is InChI=1S/C8H10ClNO2/c1-12-4-5-2-6(10)3-7(9)8(5)11/h2-3,11H,4,10H2,1H3. The highest BCUT2D eigenvalue weighted by molar-refractivity contribution is 6.32. The van der Waals surface area contributed by atoms with Gasteiger partial charge in [-0.25, -0.2) is 0 Å². The molecule has 0 aliphatic heterocycles. The number of nitrogens with two attached hydrogens (primary N) is 1. The van der Waals surface area contributed by atoms with E-state index in [9.17, 15) is 5.11 Å². The van der Waals surface area contributed by atoms with E-state index in [0.29, 0.717) is 17.9 Å². The van der Waals surface area contributed by atoms with E-state index in [0.717, 1.165) is 0 Å². The van der Waals surface area contributed by atoms with Crippen LogP contribution in [-0.4, -0.2) is 12.2 Å². The van der Waals surface area contributed by atoms with Gasteiger partial charge in [-0.15, -0.1) is 0 Å². The maximum Gasteiger partial charge on any atom is 0.139 e. The second-order valence-corrected chi connectivity index (χ2v) is 2.85. The summed E-state index contributed by atoms with van der Waals surface area (Å²) in [6, 6.07) is 3.13. The summed E-state index contributed by atoms with van der Waals surface area (Å²) in [7, 11) is 1.54. The van der Waals surface area contributed by atoms with Gasteiger partial charge in [-0.3, -0.25) is 0 Å². The number of rotatable bonds is 2. The second kappa shape index (κ2) is 3.65. The molecule has 0 saturated carbocycles. The van der Waals surface area contributed by atoms with Crippen LogP contribution in [0.1, 0.15) is 5.56 Å². The molecule has 0 saturated heterocycles. The SMILES string of the molecule is COCc1cc(N)cc(Cl)c1O. The summed E-state index contributed by atoms with van der Waals surface area (Å²) in [5, 5.41) is 9.64. The highest BCUT2D eigenvalue weighted by Gasteiger charge is 2.06. The van der Waals surface area contributed by atoms with Crippen molar-refractivity contribution in [3.05, 3.63) is 22.7 Å². The van der Waals surface area contributed by atoms with E-state index in [1.807, 2.05) is 0 Å². The molecule has 0 radical (unpaired) electrons. The maximum absolute atomic E-state index is 9.39. The van der Waals surface area contributed by atoms with Gasteiger partial charge >= 0.3 is 0 Å². The highest BCUT2D eigenvalue weighted by atomic mass is 35.5. The Morgan fingerprint density at radius 1 is 1.58 bits per heavy atom. The van der Waals surface area contributed by atoms with Gasteiger partial charge in [-0.05, 0) is 12.1 Å².